The number of H-pyrrole nitrogens is 1. The zero-order valence-electron chi connectivity index (χ0n) is 11.7. The van der Waals surface area contributed by atoms with Gasteiger partial charge >= 0.3 is 6.03 Å². The summed E-state index contributed by atoms with van der Waals surface area (Å²) in [5.74, 6) is 0. The molecule has 1 aliphatic rings. The molecule has 1 fully saturated rings. The molecule has 0 spiro atoms. The Bertz CT molecular complexity index is 584. The largest absolute Gasteiger partial charge is 0.361 e. The Morgan fingerprint density at radius 3 is 2.85 bits per heavy atom. The number of para-hydroxylation sites is 1. The number of hydrogen-bond acceptors (Lipinski definition) is 1. The van der Waals surface area contributed by atoms with E-state index < -0.39 is 0 Å². The van der Waals surface area contributed by atoms with E-state index in [1.54, 1.807) is 0 Å². The number of aromatic nitrogens is 1. The Kier molecular flexibility index (Phi) is 3.90. The number of urea groups is 1. The topological polar surface area (TPSA) is 48.1 Å². The van der Waals surface area contributed by atoms with Crippen LogP contribution in [-0.2, 0) is 6.42 Å². The highest BCUT2D eigenvalue weighted by Gasteiger charge is 2.15. The molecule has 0 bridgehead atoms. The average molecular weight is 271 g/mol. The fourth-order valence-electron chi connectivity index (χ4n) is 2.85. The highest BCUT2D eigenvalue weighted by Crippen LogP contribution is 2.17. The minimum atomic E-state index is 0.0875. The van der Waals surface area contributed by atoms with Gasteiger partial charge in [0.1, 0.15) is 0 Å². The van der Waals surface area contributed by atoms with Gasteiger partial charge in [0.05, 0.1) is 0 Å². The maximum Gasteiger partial charge on any atom is 0.317 e. The molecule has 2 N–H and O–H groups in total. The number of rotatable bonds is 3. The molecule has 1 saturated heterocycles. The molecule has 3 rings (SSSR count). The Balaban J connectivity index is 1.53. The Morgan fingerprint density at radius 2 is 2.00 bits per heavy atom. The molecule has 2 heterocycles. The molecule has 1 aromatic carbocycles. The molecule has 1 aliphatic heterocycles. The van der Waals surface area contributed by atoms with Crippen LogP contribution in [0.5, 0.6) is 0 Å². The number of benzene rings is 1. The van der Waals surface area contributed by atoms with Gasteiger partial charge in [-0.3, -0.25) is 0 Å². The molecule has 0 unspecified atom stereocenters. The molecule has 4 heteroatoms. The second kappa shape index (κ2) is 5.99. The summed E-state index contributed by atoms with van der Waals surface area (Å²) in [6.07, 6.45) is 6.42. The standard InChI is InChI=1S/C16H21N3O/c20-16(19-10-4-1-5-11-19)17-9-8-13-12-18-15-7-3-2-6-14(13)15/h2-3,6-7,12,18H,1,4-5,8-11H2,(H,17,20). The highest BCUT2D eigenvalue weighted by atomic mass is 16.2. The van der Waals surface area contributed by atoms with Crippen LogP contribution >= 0.6 is 0 Å². The van der Waals surface area contributed by atoms with Gasteiger partial charge in [-0.25, -0.2) is 4.79 Å². The van der Waals surface area contributed by atoms with Crippen LogP contribution in [0.25, 0.3) is 10.9 Å². The smallest absolute Gasteiger partial charge is 0.317 e. The molecule has 106 valence electrons. The summed E-state index contributed by atoms with van der Waals surface area (Å²) >= 11 is 0. The zero-order chi connectivity index (χ0) is 13.8. The van der Waals surface area contributed by atoms with Gasteiger partial charge in [0.25, 0.3) is 0 Å². The number of fused-ring (bicyclic) bond motifs is 1. The van der Waals surface area contributed by atoms with Crippen molar-refractivity contribution in [2.45, 2.75) is 25.7 Å². The van der Waals surface area contributed by atoms with Gasteiger partial charge in [0, 0.05) is 36.7 Å². The number of aromatic amines is 1. The number of piperidine rings is 1. The molecular formula is C16H21N3O. The van der Waals surface area contributed by atoms with E-state index in [1.165, 1.54) is 17.4 Å². The number of carbonyl (C=O) groups excluding carboxylic acids is 1. The van der Waals surface area contributed by atoms with Crippen LogP contribution in [0.2, 0.25) is 0 Å². The normalized spacial score (nSPS) is 15.5. The summed E-state index contributed by atoms with van der Waals surface area (Å²) in [7, 11) is 0. The summed E-state index contributed by atoms with van der Waals surface area (Å²) < 4.78 is 0. The highest BCUT2D eigenvalue weighted by molar-refractivity contribution is 5.83. The van der Waals surface area contributed by atoms with Gasteiger partial charge in [-0.2, -0.15) is 0 Å². The average Bonchev–Trinajstić information content (AvgIpc) is 2.92. The van der Waals surface area contributed by atoms with Crippen LogP contribution in [0, 0.1) is 0 Å². The van der Waals surface area contributed by atoms with Crippen LogP contribution in [0.15, 0.2) is 30.5 Å². The molecule has 0 atom stereocenters. The van der Waals surface area contributed by atoms with Crippen molar-refractivity contribution >= 4 is 16.9 Å². The number of nitrogens with zero attached hydrogens (tertiary/aromatic N) is 1. The lowest BCUT2D eigenvalue weighted by atomic mass is 10.1. The predicted molar refractivity (Wildman–Crippen MR) is 80.8 cm³/mol. The van der Waals surface area contributed by atoms with Crippen molar-refractivity contribution in [3.05, 3.63) is 36.0 Å². The van der Waals surface area contributed by atoms with E-state index in [9.17, 15) is 4.79 Å². The number of likely N-dealkylation sites (tertiary alicyclic amines) is 1. The second-order valence-electron chi connectivity index (χ2n) is 5.39. The molecular weight excluding hydrogens is 250 g/mol. The van der Waals surface area contributed by atoms with E-state index in [4.69, 9.17) is 0 Å². The van der Waals surface area contributed by atoms with Crippen molar-refractivity contribution in [1.82, 2.24) is 15.2 Å². The van der Waals surface area contributed by atoms with Crippen LogP contribution in [0.3, 0.4) is 0 Å². The Labute approximate surface area is 119 Å². The van der Waals surface area contributed by atoms with Crippen molar-refractivity contribution in [2.24, 2.45) is 0 Å². The summed E-state index contributed by atoms with van der Waals surface area (Å²) in [6, 6.07) is 8.36. The summed E-state index contributed by atoms with van der Waals surface area (Å²) in [5.41, 5.74) is 2.42. The van der Waals surface area contributed by atoms with Crippen molar-refractivity contribution in [2.75, 3.05) is 19.6 Å². The van der Waals surface area contributed by atoms with Crippen LogP contribution in [-0.4, -0.2) is 35.5 Å². The lowest BCUT2D eigenvalue weighted by molar-refractivity contribution is 0.186. The molecule has 4 nitrogen and oxygen atoms in total. The third-order valence-electron chi connectivity index (χ3n) is 3.99. The summed E-state index contributed by atoms with van der Waals surface area (Å²) in [5, 5.41) is 4.28. The van der Waals surface area contributed by atoms with Crippen LogP contribution in [0.1, 0.15) is 24.8 Å². The van der Waals surface area contributed by atoms with Crippen molar-refractivity contribution in [3.8, 4) is 0 Å². The second-order valence-corrected chi connectivity index (χ2v) is 5.39. The van der Waals surface area contributed by atoms with E-state index in [1.807, 2.05) is 23.2 Å². The molecule has 0 saturated carbocycles. The molecule has 20 heavy (non-hydrogen) atoms. The first-order chi connectivity index (χ1) is 9.84. The lowest BCUT2D eigenvalue weighted by Gasteiger charge is -2.26. The van der Waals surface area contributed by atoms with E-state index >= 15 is 0 Å². The quantitative estimate of drug-likeness (QED) is 0.886. The van der Waals surface area contributed by atoms with Crippen molar-refractivity contribution < 1.29 is 4.79 Å². The lowest BCUT2D eigenvalue weighted by Crippen LogP contribution is -2.43. The van der Waals surface area contributed by atoms with Gasteiger partial charge in [0.15, 0.2) is 0 Å². The van der Waals surface area contributed by atoms with Crippen molar-refractivity contribution in [1.29, 1.82) is 0 Å². The Morgan fingerprint density at radius 1 is 1.20 bits per heavy atom. The number of nitrogens with one attached hydrogen (secondary N) is 2. The first-order valence-electron chi connectivity index (χ1n) is 7.42. The zero-order valence-corrected chi connectivity index (χ0v) is 11.7. The van der Waals surface area contributed by atoms with Gasteiger partial charge in [-0.15, -0.1) is 0 Å². The predicted octanol–water partition coefficient (Wildman–Crippen LogP) is 2.91. The third-order valence-corrected chi connectivity index (χ3v) is 3.99. The summed E-state index contributed by atoms with van der Waals surface area (Å²) in [6.45, 7) is 2.50. The fourth-order valence-corrected chi connectivity index (χ4v) is 2.85. The van der Waals surface area contributed by atoms with Gasteiger partial charge in [0.2, 0.25) is 0 Å². The SMILES string of the molecule is O=C(NCCc1c[nH]c2ccccc12)N1CCCCC1. The van der Waals surface area contributed by atoms with Gasteiger partial charge in [-0.1, -0.05) is 18.2 Å². The monoisotopic (exact) mass is 271 g/mol. The van der Waals surface area contributed by atoms with Crippen molar-refractivity contribution in [3.63, 3.8) is 0 Å². The molecule has 0 aliphatic carbocycles. The van der Waals surface area contributed by atoms with E-state index in [2.05, 4.69) is 22.4 Å². The van der Waals surface area contributed by atoms with E-state index in [0.29, 0.717) is 6.54 Å². The Hall–Kier alpha value is -1.97. The molecule has 2 aromatic rings. The van der Waals surface area contributed by atoms with Crippen LogP contribution in [0.4, 0.5) is 4.79 Å². The molecule has 1 aromatic heterocycles. The fraction of sp³-hybridized carbons (Fsp3) is 0.438. The van der Waals surface area contributed by atoms with E-state index in [-0.39, 0.29) is 6.03 Å². The van der Waals surface area contributed by atoms with Gasteiger partial charge in [-0.05, 0) is 37.3 Å². The van der Waals surface area contributed by atoms with Crippen LogP contribution < -0.4 is 5.32 Å². The third kappa shape index (κ3) is 2.79. The van der Waals surface area contributed by atoms with E-state index in [0.717, 1.165) is 37.9 Å². The minimum absolute atomic E-state index is 0.0875. The maximum atomic E-state index is 12.0. The summed E-state index contributed by atoms with van der Waals surface area (Å²) in [4.78, 5) is 17.2. The minimum Gasteiger partial charge on any atom is -0.361 e. The number of carbonyl (C=O) groups is 1. The number of amides is 2. The molecule has 2 amide bonds. The maximum absolute atomic E-state index is 12.0. The first-order valence-corrected chi connectivity index (χ1v) is 7.42. The van der Waals surface area contributed by atoms with Gasteiger partial charge < -0.3 is 15.2 Å². The molecule has 0 radical (unpaired) electrons. The first kappa shape index (κ1) is 13.0. The number of hydrogen-bond donors (Lipinski definition) is 2.